The van der Waals surface area contributed by atoms with E-state index in [1.807, 2.05) is 12.2 Å². The highest BCUT2D eigenvalue weighted by Gasteiger charge is 2.35. The van der Waals surface area contributed by atoms with Gasteiger partial charge in [0.1, 0.15) is 12.6 Å². The first-order chi connectivity index (χ1) is 27.8. The molecule has 0 aliphatic carbocycles. The fraction of sp³-hybridized carbons (Fsp3) is 0.786. The number of phosphoric ester groups is 1. The van der Waals surface area contributed by atoms with Crippen LogP contribution in [-0.2, 0) is 42.2 Å². The predicted octanol–water partition coefficient (Wildman–Crippen LogP) is 6.94. The average molecular weight is 848 g/mol. The molecule has 1 fully saturated rings. The highest BCUT2D eigenvalue weighted by Crippen LogP contribution is 2.43. The lowest BCUT2D eigenvalue weighted by Gasteiger charge is -2.36. The number of aliphatic hydroxyl groups is 3. The molecule has 0 aromatic heterocycles. The Hall–Kier alpha value is -2.46. The van der Waals surface area contributed by atoms with E-state index in [2.05, 4.69) is 30.5 Å². The Balaban J connectivity index is 2.56. The van der Waals surface area contributed by atoms with Gasteiger partial charge in [-0.2, -0.15) is 0 Å². The van der Waals surface area contributed by atoms with Crippen molar-refractivity contribution in [1.82, 2.24) is 0 Å². The van der Waals surface area contributed by atoms with Gasteiger partial charge in [0, 0.05) is 25.2 Å². The van der Waals surface area contributed by atoms with Crippen LogP contribution >= 0.6 is 7.82 Å². The zero-order valence-electron chi connectivity index (χ0n) is 34.9. The van der Waals surface area contributed by atoms with Crippen molar-refractivity contribution < 1.29 is 67.5 Å². The molecule has 0 saturated carbocycles. The van der Waals surface area contributed by atoms with E-state index in [-0.39, 0.29) is 25.2 Å². The maximum atomic E-state index is 12.6. The van der Waals surface area contributed by atoms with Crippen LogP contribution in [0.4, 0.5) is 0 Å². The summed E-state index contributed by atoms with van der Waals surface area (Å²) in [5.74, 6) is -2.96. The van der Waals surface area contributed by atoms with Crippen molar-refractivity contribution in [3.8, 4) is 0 Å². The fourth-order valence-corrected chi connectivity index (χ4v) is 6.93. The molecule has 0 amide bonds. The minimum Gasteiger partial charge on any atom is -0.480 e. The van der Waals surface area contributed by atoms with Crippen molar-refractivity contribution in [3.05, 3.63) is 36.5 Å². The van der Waals surface area contributed by atoms with E-state index in [9.17, 15) is 39.2 Å². The molecule has 0 spiro atoms. The Morgan fingerprint density at radius 2 is 1.38 bits per heavy atom. The molecule has 2 unspecified atom stereocenters. The van der Waals surface area contributed by atoms with Crippen LogP contribution in [0.2, 0.25) is 0 Å². The van der Waals surface area contributed by atoms with Crippen LogP contribution in [0.25, 0.3) is 0 Å². The van der Waals surface area contributed by atoms with Gasteiger partial charge in [-0.1, -0.05) is 108 Å². The van der Waals surface area contributed by atoms with Crippen molar-refractivity contribution in [1.29, 1.82) is 0 Å². The Morgan fingerprint density at radius 3 is 2.07 bits per heavy atom. The molecular weight excluding hydrogens is 773 g/mol. The molecule has 1 heterocycles. The number of carbonyl (C=O) groups excluding carboxylic acids is 2. The largest absolute Gasteiger partial charge is 0.480 e. The first-order valence-electron chi connectivity index (χ1n) is 21.4. The third-order valence-corrected chi connectivity index (χ3v) is 10.6. The number of aliphatic carboxylic acids is 1. The van der Waals surface area contributed by atoms with Crippen molar-refractivity contribution in [2.45, 2.75) is 185 Å². The van der Waals surface area contributed by atoms with Crippen LogP contribution in [0.3, 0.4) is 0 Å². The number of esters is 2. The average Bonchev–Trinajstić information content (AvgIpc) is 3.17. The molecule has 8 atom stereocenters. The third kappa shape index (κ3) is 28.1. The standard InChI is InChI=1S/C42H74NO14P/c1-3-5-7-8-9-10-11-12-13-14-15-16-22-26-40(47)56-34(31-54-58(51,52)55-32-36(43)42(49)50)30-53-39(46)25-21-18-17-20-24-35-37(45)29-41(48)57-38(35)28-27-33(44)23-19-6-4-2/h10-11,17,20,27-28,33-38,41,44-45,48H,3-9,12-16,18-19,21-26,29-32,43H2,1-2H3,(H,49,50)(H,51,52)/b11-10-,20-17-,28-27+/t33-,34+,35-,36-,37-,38+,41?/m0/s1. The van der Waals surface area contributed by atoms with Gasteiger partial charge in [0.05, 0.1) is 31.5 Å². The second-order valence-corrected chi connectivity index (χ2v) is 16.5. The normalized spacial score (nSPS) is 21.3. The van der Waals surface area contributed by atoms with Crippen LogP contribution in [-0.4, -0.2) is 99.8 Å². The number of allylic oxidation sites excluding steroid dienone is 4. The maximum absolute atomic E-state index is 12.6. The zero-order valence-corrected chi connectivity index (χ0v) is 35.8. The van der Waals surface area contributed by atoms with E-state index in [0.717, 1.165) is 57.8 Å². The summed E-state index contributed by atoms with van der Waals surface area (Å²) < 4.78 is 38.3. The molecule has 0 radical (unpaired) electrons. The van der Waals surface area contributed by atoms with Crippen molar-refractivity contribution in [2.24, 2.45) is 11.7 Å². The number of hydrogen-bond acceptors (Lipinski definition) is 13. The Kier molecular flexibility index (Phi) is 30.7. The lowest BCUT2D eigenvalue weighted by molar-refractivity contribution is -0.199. The third-order valence-electron chi connectivity index (χ3n) is 9.66. The molecule has 0 aromatic carbocycles. The molecule has 16 heteroatoms. The zero-order chi connectivity index (χ0) is 43.0. The highest BCUT2D eigenvalue weighted by atomic mass is 31.2. The Labute approximate surface area is 346 Å². The first-order valence-corrected chi connectivity index (χ1v) is 22.9. The number of hydrogen-bond donors (Lipinski definition) is 6. The van der Waals surface area contributed by atoms with E-state index < -0.39 is 82.3 Å². The molecular formula is C42H74NO14P. The van der Waals surface area contributed by atoms with E-state index in [1.165, 1.54) is 25.7 Å². The van der Waals surface area contributed by atoms with Gasteiger partial charge >= 0.3 is 25.7 Å². The van der Waals surface area contributed by atoms with Crippen molar-refractivity contribution in [2.75, 3.05) is 19.8 Å². The van der Waals surface area contributed by atoms with Gasteiger partial charge in [-0.25, -0.2) is 4.57 Å². The van der Waals surface area contributed by atoms with Crippen molar-refractivity contribution in [3.63, 3.8) is 0 Å². The smallest absolute Gasteiger partial charge is 0.472 e. The minimum absolute atomic E-state index is 0.0257. The highest BCUT2D eigenvalue weighted by molar-refractivity contribution is 7.47. The van der Waals surface area contributed by atoms with Crippen LogP contribution in [0.1, 0.15) is 149 Å². The van der Waals surface area contributed by atoms with Crippen LogP contribution in [0.15, 0.2) is 36.5 Å². The molecule has 7 N–H and O–H groups in total. The summed E-state index contributed by atoms with van der Waals surface area (Å²) in [5.41, 5.74) is 5.32. The number of carbonyl (C=O) groups is 3. The summed E-state index contributed by atoms with van der Waals surface area (Å²) in [4.78, 5) is 46.1. The SMILES string of the molecule is CCCCCC/C=C\CCCCCCCC(=O)O[C@H](COC(=O)CCC/C=C\C[C@H]1[C@@H](O)CC(O)O[C@@H]1/C=C/[C@@H](O)CCCCC)COP(=O)(O)OC[C@H](N)C(=O)O. The van der Waals surface area contributed by atoms with Crippen LogP contribution in [0, 0.1) is 5.92 Å². The molecule has 1 aliphatic heterocycles. The Morgan fingerprint density at radius 1 is 0.793 bits per heavy atom. The second kappa shape index (κ2) is 33.3. The quantitative estimate of drug-likeness (QED) is 0.0164. The predicted molar refractivity (Wildman–Crippen MR) is 220 cm³/mol. The molecule has 15 nitrogen and oxygen atoms in total. The topological polar surface area (TPSA) is 242 Å². The summed E-state index contributed by atoms with van der Waals surface area (Å²) in [5, 5.41) is 39.8. The number of phosphoric acid groups is 1. The molecule has 58 heavy (non-hydrogen) atoms. The lowest BCUT2D eigenvalue weighted by atomic mass is 9.87. The fourth-order valence-electron chi connectivity index (χ4n) is 6.16. The summed E-state index contributed by atoms with van der Waals surface area (Å²) in [6.07, 6.45) is 24.1. The molecule has 0 bridgehead atoms. The van der Waals surface area contributed by atoms with Crippen molar-refractivity contribution >= 4 is 25.7 Å². The molecule has 1 saturated heterocycles. The lowest BCUT2D eigenvalue weighted by Crippen LogP contribution is -2.43. The van der Waals surface area contributed by atoms with Gasteiger partial charge in [0.25, 0.3) is 0 Å². The summed E-state index contributed by atoms with van der Waals surface area (Å²) in [7, 11) is -4.78. The van der Waals surface area contributed by atoms with Gasteiger partial charge in [0.15, 0.2) is 12.4 Å². The number of rotatable bonds is 35. The van der Waals surface area contributed by atoms with Gasteiger partial charge < -0.3 is 45.3 Å². The van der Waals surface area contributed by atoms with Gasteiger partial charge in [-0.15, -0.1) is 0 Å². The molecule has 1 rings (SSSR count). The number of carboxylic acid groups (broad SMARTS) is 1. The molecule has 336 valence electrons. The van der Waals surface area contributed by atoms with E-state index >= 15 is 0 Å². The maximum Gasteiger partial charge on any atom is 0.472 e. The van der Waals surface area contributed by atoms with Crippen LogP contribution < -0.4 is 5.73 Å². The van der Waals surface area contributed by atoms with E-state index in [0.29, 0.717) is 32.1 Å². The Bertz CT molecular complexity index is 1250. The summed E-state index contributed by atoms with van der Waals surface area (Å²) >= 11 is 0. The summed E-state index contributed by atoms with van der Waals surface area (Å²) in [6.45, 7) is 2.38. The van der Waals surface area contributed by atoms with E-state index in [1.54, 1.807) is 12.2 Å². The van der Waals surface area contributed by atoms with E-state index in [4.69, 9.17) is 29.6 Å². The number of carboxylic acids is 1. The monoisotopic (exact) mass is 847 g/mol. The van der Waals surface area contributed by atoms with Gasteiger partial charge in [-0.3, -0.25) is 23.4 Å². The molecule has 0 aromatic rings. The number of unbranched alkanes of at least 4 members (excludes halogenated alkanes) is 12. The van der Waals surface area contributed by atoms with Gasteiger partial charge in [0.2, 0.25) is 0 Å². The number of aliphatic hydroxyl groups excluding tert-OH is 3. The molecule has 1 aliphatic rings. The number of nitrogens with two attached hydrogens (primary N) is 1. The van der Waals surface area contributed by atoms with Gasteiger partial charge in [-0.05, 0) is 57.8 Å². The second-order valence-electron chi connectivity index (χ2n) is 15.0. The van der Waals surface area contributed by atoms with Crippen LogP contribution in [0.5, 0.6) is 0 Å². The number of ether oxygens (including phenoxy) is 3. The first kappa shape index (κ1) is 53.6. The minimum atomic E-state index is -4.78. The summed E-state index contributed by atoms with van der Waals surface area (Å²) in [6, 6.07) is -1.56.